The minimum Gasteiger partial charge on any atom is -0.458 e. The molecule has 0 aromatic heterocycles. The van der Waals surface area contributed by atoms with E-state index in [2.05, 4.69) is 0 Å². The lowest BCUT2D eigenvalue weighted by molar-refractivity contribution is -0.176. The van der Waals surface area contributed by atoms with Gasteiger partial charge in [-0.05, 0) is 138 Å². The Bertz CT molecular complexity index is 2860. The van der Waals surface area contributed by atoms with Crippen molar-refractivity contribution in [3.8, 4) is 0 Å². The number of esters is 5. The number of amides is 3. The first kappa shape index (κ1) is 69.7. The van der Waals surface area contributed by atoms with Crippen LogP contribution >= 0.6 is 0 Å². The number of carbonyl (C=O) groups is 8. The van der Waals surface area contributed by atoms with E-state index in [9.17, 15) is 42.7 Å². The van der Waals surface area contributed by atoms with E-state index >= 15 is 4.39 Å². The zero-order valence-corrected chi connectivity index (χ0v) is 53.6. The highest BCUT2D eigenvalue weighted by atomic mass is 19.1. The first-order valence-electron chi connectivity index (χ1n) is 31.7. The summed E-state index contributed by atoms with van der Waals surface area (Å²) in [5.41, 5.74) is 0.344. The maximum absolute atomic E-state index is 16.0. The molecular weight excluding hydrogens is 1150 g/mol. The first-order valence-corrected chi connectivity index (χ1v) is 31.7. The summed E-state index contributed by atoms with van der Waals surface area (Å²) in [6.45, 7) is 11.8. The average molecular weight is 1240 g/mol. The van der Waals surface area contributed by atoms with Crippen LogP contribution in [-0.4, -0.2) is 164 Å². The number of alkyl halides is 2. The predicted molar refractivity (Wildman–Crippen MR) is 326 cm³/mol. The van der Waals surface area contributed by atoms with E-state index in [0.29, 0.717) is 43.5 Å². The van der Waals surface area contributed by atoms with Gasteiger partial charge in [-0.1, -0.05) is 111 Å². The first-order chi connectivity index (χ1) is 42.1. The van der Waals surface area contributed by atoms with E-state index in [4.69, 9.17) is 33.2 Å². The standard InChI is InChI=1S/C69H93F2N3O15/c1-43(40-68(4,5)70)63(78)88-58(38-48-20-24-51(25-21-48)53-28-32-83-33-29-53)61(76)72(8)55(36-46-16-17-46)65(80)86-44(2)60(75)74(10)57(41-69(6,7)71)67(82)89-59(39-49-22-26-52(27-23-49)54-30-34-84-35-31-54)62(77)73(9)56(37-47-18-19-47)66(81)87-45(3)64(79)85-42-50-14-12-11-13-15-50/h11-15,20-27,43-47,53-59H,16-19,28-42H2,1-10H3/t43-,44+,45+,55-,56-,57-,58+,59+/m0/s1. The summed E-state index contributed by atoms with van der Waals surface area (Å²) >= 11 is 0. The van der Waals surface area contributed by atoms with Crippen LogP contribution in [-0.2, 0) is 91.0 Å². The lowest BCUT2D eigenvalue weighted by atomic mass is 9.90. The van der Waals surface area contributed by atoms with Crippen molar-refractivity contribution in [2.75, 3.05) is 47.6 Å². The predicted octanol–water partition coefficient (Wildman–Crippen LogP) is 9.68. The van der Waals surface area contributed by atoms with Crippen LogP contribution in [0, 0.1) is 17.8 Å². The van der Waals surface area contributed by atoms with Gasteiger partial charge in [0.05, 0.1) is 5.92 Å². The molecule has 4 fully saturated rings. The molecular formula is C69H93F2N3O15. The van der Waals surface area contributed by atoms with Crippen LogP contribution < -0.4 is 0 Å². The van der Waals surface area contributed by atoms with Crippen molar-refractivity contribution in [2.24, 2.45) is 17.8 Å². The molecule has 0 N–H and O–H groups in total. The maximum Gasteiger partial charge on any atom is 0.347 e. The number of rotatable bonds is 31. The molecule has 3 aromatic rings. The Morgan fingerprint density at radius 2 is 0.865 bits per heavy atom. The molecule has 2 aliphatic carbocycles. The quantitative estimate of drug-likeness (QED) is 0.0433. The van der Waals surface area contributed by atoms with Crippen LogP contribution in [0.5, 0.6) is 0 Å². The van der Waals surface area contributed by atoms with Gasteiger partial charge in [-0.3, -0.25) is 19.2 Å². The third kappa shape index (κ3) is 21.4. The van der Waals surface area contributed by atoms with Gasteiger partial charge in [-0.2, -0.15) is 0 Å². The average Bonchev–Trinajstić information content (AvgIpc) is 3.00. The van der Waals surface area contributed by atoms with Crippen molar-refractivity contribution in [3.05, 3.63) is 107 Å². The summed E-state index contributed by atoms with van der Waals surface area (Å²) < 4.78 is 71.0. The van der Waals surface area contributed by atoms with E-state index in [1.165, 1.54) is 69.6 Å². The molecule has 0 radical (unpaired) electrons. The second kappa shape index (κ2) is 31.8. The zero-order chi connectivity index (χ0) is 64.7. The summed E-state index contributed by atoms with van der Waals surface area (Å²) in [4.78, 5) is 118. The van der Waals surface area contributed by atoms with Crippen molar-refractivity contribution >= 4 is 47.6 Å². The third-order valence-electron chi connectivity index (χ3n) is 17.4. The highest BCUT2D eigenvalue weighted by Crippen LogP contribution is 2.37. The van der Waals surface area contributed by atoms with Crippen molar-refractivity contribution in [1.82, 2.24) is 14.7 Å². The highest BCUT2D eigenvalue weighted by molar-refractivity contribution is 5.93. The van der Waals surface area contributed by atoms with Crippen LogP contribution in [0.2, 0.25) is 0 Å². The third-order valence-corrected chi connectivity index (χ3v) is 17.4. The van der Waals surface area contributed by atoms with Crippen molar-refractivity contribution < 1.29 is 80.3 Å². The van der Waals surface area contributed by atoms with E-state index < -0.39 is 114 Å². The second-order valence-electron chi connectivity index (χ2n) is 26.3. The van der Waals surface area contributed by atoms with Gasteiger partial charge < -0.3 is 47.9 Å². The van der Waals surface area contributed by atoms with Crippen LogP contribution in [0.1, 0.15) is 165 Å². The summed E-state index contributed by atoms with van der Waals surface area (Å²) in [5.74, 6) is -7.31. The number of hydrogen-bond donors (Lipinski definition) is 0. The lowest BCUT2D eigenvalue weighted by Crippen LogP contribution is -2.54. The van der Waals surface area contributed by atoms with Crippen LogP contribution in [0.4, 0.5) is 8.78 Å². The molecule has 2 heterocycles. The molecule has 0 unspecified atom stereocenters. The Kier molecular flexibility index (Phi) is 24.9. The summed E-state index contributed by atoms with van der Waals surface area (Å²) in [6.07, 6.45) is -0.253. The molecule has 8 atom stereocenters. The molecule has 3 amide bonds. The van der Waals surface area contributed by atoms with E-state index in [-0.39, 0.29) is 56.5 Å². The van der Waals surface area contributed by atoms with E-state index in [1.54, 1.807) is 24.3 Å². The Morgan fingerprint density at radius 3 is 1.28 bits per heavy atom. The SMILES string of the molecule is C[C@@H](CC(C)(C)F)C(=O)O[C@H](Cc1ccc(C2CCOCC2)cc1)C(=O)N(C)[C@@H](CC1CC1)C(=O)O[C@H](C)C(=O)N(C)[C@@H](CC(C)(C)F)C(=O)O[C@H](Cc1ccc(C2CCOCC2)cc1)C(=O)N(C)[C@@H](CC1CC1)C(=O)O[C@H](C)C(=O)OCc1ccccc1. The van der Waals surface area contributed by atoms with Gasteiger partial charge in [0.25, 0.3) is 17.7 Å². The summed E-state index contributed by atoms with van der Waals surface area (Å²) in [7, 11) is 4.01. The minimum atomic E-state index is -2.11. The smallest absolute Gasteiger partial charge is 0.347 e. The normalized spacial score (nSPS) is 18.5. The number of benzene rings is 3. The number of likely N-dealkylation sites (N-methyl/N-ethyl adjacent to an activating group) is 3. The van der Waals surface area contributed by atoms with Crippen LogP contribution in [0.25, 0.3) is 0 Å². The topological polar surface area (TPSA) is 211 Å². The Labute approximate surface area is 523 Å². The minimum absolute atomic E-state index is 0.0275. The molecule has 2 aliphatic heterocycles. The van der Waals surface area contributed by atoms with Gasteiger partial charge >= 0.3 is 29.8 Å². The summed E-state index contributed by atoms with van der Waals surface area (Å²) in [6, 6.07) is 20.0. The highest BCUT2D eigenvalue weighted by Gasteiger charge is 2.44. The number of carbonyl (C=O) groups excluding carboxylic acids is 8. The molecule has 0 bridgehead atoms. The Morgan fingerprint density at radius 1 is 0.472 bits per heavy atom. The molecule has 18 nitrogen and oxygen atoms in total. The summed E-state index contributed by atoms with van der Waals surface area (Å²) in [5, 5.41) is 0. The zero-order valence-electron chi connectivity index (χ0n) is 53.6. The molecule has 4 aliphatic rings. The molecule has 89 heavy (non-hydrogen) atoms. The number of ether oxygens (including phenoxy) is 7. The monoisotopic (exact) mass is 1240 g/mol. The Hall–Kier alpha value is -6.80. The van der Waals surface area contributed by atoms with Crippen molar-refractivity contribution in [3.63, 3.8) is 0 Å². The molecule has 7 rings (SSSR count). The Balaban J connectivity index is 1.09. The van der Waals surface area contributed by atoms with Gasteiger partial charge in [0.1, 0.15) is 36.1 Å². The fourth-order valence-corrected chi connectivity index (χ4v) is 11.6. The van der Waals surface area contributed by atoms with Crippen molar-refractivity contribution in [2.45, 2.75) is 211 Å². The molecule has 3 aromatic carbocycles. The molecule has 0 spiro atoms. The van der Waals surface area contributed by atoms with Gasteiger partial charge in [0.2, 0.25) is 0 Å². The number of hydrogen-bond acceptors (Lipinski definition) is 15. The number of halogens is 2. The van der Waals surface area contributed by atoms with Gasteiger partial charge in [-0.25, -0.2) is 28.0 Å². The molecule has 20 heteroatoms. The fraction of sp³-hybridized carbons (Fsp3) is 0.623. The van der Waals surface area contributed by atoms with Crippen molar-refractivity contribution in [1.29, 1.82) is 0 Å². The second-order valence-corrected chi connectivity index (χ2v) is 26.3. The molecule has 2 saturated heterocycles. The van der Waals surface area contributed by atoms with Gasteiger partial charge in [-0.15, -0.1) is 0 Å². The van der Waals surface area contributed by atoms with Crippen LogP contribution in [0.15, 0.2) is 78.9 Å². The van der Waals surface area contributed by atoms with E-state index in [0.717, 1.165) is 82.8 Å². The van der Waals surface area contributed by atoms with Gasteiger partial charge in [0, 0.05) is 66.8 Å². The largest absolute Gasteiger partial charge is 0.458 e. The van der Waals surface area contributed by atoms with Crippen LogP contribution in [0.3, 0.4) is 0 Å². The van der Waals surface area contributed by atoms with E-state index in [1.807, 2.05) is 54.6 Å². The lowest BCUT2D eigenvalue weighted by Gasteiger charge is -2.34. The number of nitrogens with zero attached hydrogens (tertiary/aromatic N) is 3. The maximum atomic E-state index is 16.0. The van der Waals surface area contributed by atoms with Gasteiger partial charge in [0.15, 0.2) is 24.4 Å². The fourth-order valence-electron chi connectivity index (χ4n) is 11.6. The molecule has 2 saturated carbocycles. The molecule has 488 valence electrons.